The third-order valence-corrected chi connectivity index (χ3v) is 4.01. The minimum Gasteiger partial charge on any atom is -0.377 e. The molecule has 1 heterocycles. The molecule has 0 radical (unpaired) electrons. The number of nitrogens with zero attached hydrogens (tertiary/aromatic N) is 1. The lowest BCUT2D eigenvalue weighted by atomic mass is 10.2. The van der Waals surface area contributed by atoms with Gasteiger partial charge in [-0.15, -0.1) is 0 Å². The van der Waals surface area contributed by atoms with Crippen molar-refractivity contribution in [3.05, 3.63) is 35.9 Å². The second-order valence-electron chi connectivity index (χ2n) is 5.72. The molecule has 1 amide bonds. The summed E-state index contributed by atoms with van der Waals surface area (Å²) in [5.74, 6) is 0.138. The average molecular weight is 290 g/mol. The normalized spacial score (nSPS) is 18.8. The second-order valence-corrected chi connectivity index (χ2v) is 5.72. The fraction of sp³-hybridized carbons (Fsp3) is 0.588. The van der Waals surface area contributed by atoms with E-state index < -0.39 is 0 Å². The number of carbonyl (C=O) groups excluding carboxylic acids is 1. The lowest BCUT2D eigenvalue weighted by molar-refractivity contribution is -0.121. The van der Waals surface area contributed by atoms with E-state index in [9.17, 15) is 4.79 Å². The van der Waals surface area contributed by atoms with Gasteiger partial charge in [0.15, 0.2) is 0 Å². The van der Waals surface area contributed by atoms with Gasteiger partial charge in [0.1, 0.15) is 0 Å². The molecule has 0 unspecified atom stereocenters. The molecular formula is C17H26N2O2. The number of hydrogen-bond donors (Lipinski definition) is 1. The van der Waals surface area contributed by atoms with Crippen LogP contribution in [0, 0.1) is 0 Å². The van der Waals surface area contributed by atoms with Gasteiger partial charge in [-0.3, -0.25) is 4.79 Å². The molecule has 4 heteroatoms. The Balaban J connectivity index is 1.49. The SMILES string of the molecule is CN1CCC[C@H]1CNC(=O)CCCOCc1ccccc1. The molecule has 1 aromatic carbocycles. The van der Waals surface area contributed by atoms with Crippen LogP contribution < -0.4 is 5.32 Å². The maximum absolute atomic E-state index is 11.8. The Bertz CT molecular complexity index is 422. The Labute approximate surface area is 127 Å². The number of carbonyl (C=O) groups is 1. The topological polar surface area (TPSA) is 41.6 Å². The third-order valence-electron chi connectivity index (χ3n) is 4.01. The molecule has 0 bridgehead atoms. The van der Waals surface area contributed by atoms with Crippen LogP contribution in [0.1, 0.15) is 31.2 Å². The van der Waals surface area contributed by atoms with Crippen LogP contribution in [0.25, 0.3) is 0 Å². The summed E-state index contributed by atoms with van der Waals surface area (Å²) in [7, 11) is 2.13. The van der Waals surface area contributed by atoms with Crippen LogP contribution in [-0.4, -0.2) is 43.6 Å². The maximum Gasteiger partial charge on any atom is 0.220 e. The van der Waals surface area contributed by atoms with Crippen LogP contribution in [0.5, 0.6) is 0 Å². The summed E-state index contributed by atoms with van der Waals surface area (Å²) in [6.45, 7) is 3.18. The number of hydrogen-bond acceptors (Lipinski definition) is 3. The Morgan fingerprint density at radius 1 is 1.38 bits per heavy atom. The highest BCUT2D eigenvalue weighted by Crippen LogP contribution is 2.13. The van der Waals surface area contributed by atoms with Crippen molar-refractivity contribution in [2.45, 2.75) is 38.3 Å². The number of rotatable bonds is 8. The number of amides is 1. The monoisotopic (exact) mass is 290 g/mol. The summed E-state index contributed by atoms with van der Waals surface area (Å²) < 4.78 is 5.58. The average Bonchev–Trinajstić information content (AvgIpc) is 2.91. The molecule has 1 N–H and O–H groups in total. The van der Waals surface area contributed by atoms with Crippen molar-refractivity contribution in [1.82, 2.24) is 10.2 Å². The zero-order valence-electron chi connectivity index (χ0n) is 12.9. The van der Waals surface area contributed by atoms with E-state index >= 15 is 0 Å². The van der Waals surface area contributed by atoms with Gasteiger partial charge in [0, 0.05) is 25.6 Å². The summed E-state index contributed by atoms with van der Waals surface area (Å²) in [5.41, 5.74) is 1.17. The van der Waals surface area contributed by atoms with Crippen molar-refractivity contribution < 1.29 is 9.53 Å². The predicted octanol–water partition coefficient (Wildman–Crippen LogP) is 2.19. The first kappa shape index (κ1) is 16.0. The molecule has 116 valence electrons. The van der Waals surface area contributed by atoms with Crippen molar-refractivity contribution in [2.24, 2.45) is 0 Å². The largest absolute Gasteiger partial charge is 0.377 e. The molecule has 1 atom stereocenters. The molecule has 2 rings (SSSR count). The summed E-state index contributed by atoms with van der Waals surface area (Å²) >= 11 is 0. The standard InChI is InChI=1S/C17H26N2O2/c1-19-11-5-9-16(19)13-18-17(20)10-6-12-21-14-15-7-3-2-4-8-15/h2-4,7-8,16H,5-6,9-14H2,1H3,(H,18,20)/t16-/m0/s1. The Hall–Kier alpha value is -1.39. The Kier molecular flexibility index (Phi) is 6.70. The van der Waals surface area contributed by atoms with E-state index in [1.54, 1.807) is 0 Å². The van der Waals surface area contributed by atoms with Crippen LogP contribution in [0.3, 0.4) is 0 Å². The van der Waals surface area contributed by atoms with E-state index in [0.717, 1.165) is 19.5 Å². The number of nitrogens with one attached hydrogen (secondary N) is 1. The highest BCUT2D eigenvalue weighted by atomic mass is 16.5. The van der Waals surface area contributed by atoms with E-state index in [0.29, 0.717) is 25.7 Å². The first-order valence-electron chi connectivity index (χ1n) is 7.84. The molecule has 4 nitrogen and oxygen atoms in total. The summed E-state index contributed by atoms with van der Waals surface area (Å²) in [6.07, 6.45) is 3.76. The minimum absolute atomic E-state index is 0.138. The molecule has 1 aliphatic heterocycles. The molecule has 0 saturated carbocycles. The summed E-state index contributed by atoms with van der Waals surface area (Å²) in [5, 5.41) is 3.03. The van der Waals surface area contributed by atoms with Crippen molar-refractivity contribution in [1.29, 1.82) is 0 Å². The highest BCUT2D eigenvalue weighted by Gasteiger charge is 2.20. The molecule has 0 aromatic heterocycles. The zero-order valence-corrected chi connectivity index (χ0v) is 12.9. The fourth-order valence-electron chi connectivity index (χ4n) is 2.66. The van der Waals surface area contributed by atoms with Gasteiger partial charge in [-0.25, -0.2) is 0 Å². The van der Waals surface area contributed by atoms with E-state index in [1.165, 1.54) is 18.4 Å². The number of likely N-dealkylation sites (N-methyl/N-ethyl adjacent to an activating group) is 1. The number of benzene rings is 1. The number of ether oxygens (including phenoxy) is 1. The molecule has 1 aromatic rings. The van der Waals surface area contributed by atoms with Gasteiger partial charge in [-0.2, -0.15) is 0 Å². The maximum atomic E-state index is 11.8. The van der Waals surface area contributed by atoms with E-state index in [1.807, 2.05) is 30.3 Å². The molecule has 0 spiro atoms. The van der Waals surface area contributed by atoms with Crippen LogP contribution in [0.4, 0.5) is 0 Å². The lowest BCUT2D eigenvalue weighted by Crippen LogP contribution is -2.38. The van der Waals surface area contributed by atoms with Crippen molar-refractivity contribution >= 4 is 5.91 Å². The quantitative estimate of drug-likeness (QED) is 0.746. The smallest absolute Gasteiger partial charge is 0.220 e. The van der Waals surface area contributed by atoms with Gasteiger partial charge < -0.3 is 15.0 Å². The first-order valence-corrected chi connectivity index (χ1v) is 7.84. The Morgan fingerprint density at radius 2 is 2.19 bits per heavy atom. The van der Waals surface area contributed by atoms with Crippen molar-refractivity contribution in [3.63, 3.8) is 0 Å². The molecule has 1 aliphatic rings. The van der Waals surface area contributed by atoms with Gasteiger partial charge in [-0.05, 0) is 38.4 Å². The molecule has 21 heavy (non-hydrogen) atoms. The van der Waals surface area contributed by atoms with E-state index in [-0.39, 0.29) is 5.91 Å². The third kappa shape index (κ3) is 5.86. The Morgan fingerprint density at radius 3 is 2.90 bits per heavy atom. The van der Waals surface area contributed by atoms with Gasteiger partial charge in [-0.1, -0.05) is 30.3 Å². The van der Waals surface area contributed by atoms with Gasteiger partial charge in [0.25, 0.3) is 0 Å². The molecule has 0 aliphatic carbocycles. The first-order chi connectivity index (χ1) is 10.3. The van der Waals surface area contributed by atoms with Gasteiger partial charge in [0.2, 0.25) is 5.91 Å². The van der Waals surface area contributed by atoms with Gasteiger partial charge in [0.05, 0.1) is 6.61 Å². The summed E-state index contributed by atoms with van der Waals surface area (Å²) in [6, 6.07) is 10.6. The van der Waals surface area contributed by atoms with Crippen molar-refractivity contribution in [2.75, 3.05) is 26.7 Å². The zero-order chi connectivity index (χ0) is 14.9. The molecule has 1 fully saturated rings. The minimum atomic E-state index is 0.138. The van der Waals surface area contributed by atoms with Crippen LogP contribution in [0.15, 0.2) is 30.3 Å². The highest BCUT2D eigenvalue weighted by molar-refractivity contribution is 5.75. The molecule has 1 saturated heterocycles. The van der Waals surface area contributed by atoms with Crippen LogP contribution >= 0.6 is 0 Å². The van der Waals surface area contributed by atoms with E-state index in [4.69, 9.17) is 4.74 Å². The van der Waals surface area contributed by atoms with Gasteiger partial charge >= 0.3 is 0 Å². The molecular weight excluding hydrogens is 264 g/mol. The van der Waals surface area contributed by atoms with Crippen LogP contribution in [-0.2, 0) is 16.1 Å². The lowest BCUT2D eigenvalue weighted by Gasteiger charge is -2.19. The van der Waals surface area contributed by atoms with E-state index in [2.05, 4.69) is 17.3 Å². The fourth-order valence-corrected chi connectivity index (χ4v) is 2.66. The number of likely N-dealkylation sites (tertiary alicyclic amines) is 1. The summed E-state index contributed by atoms with van der Waals surface area (Å²) in [4.78, 5) is 14.1. The van der Waals surface area contributed by atoms with Crippen LogP contribution in [0.2, 0.25) is 0 Å². The van der Waals surface area contributed by atoms with Crippen molar-refractivity contribution in [3.8, 4) is 0 Å². The second kappa shape index (κ2) is 8.80. The predicted molar refractivity (Wildman–Crippen MR) is 84.0 cm³/mol.